The van der Waals surface area contributed by atoms with Gasteiger partial charge < -0.3 is 5.73 Å². The summed E-state index contributed by atoms with van der Waals surface area (Å²) in [6.07, 6.45) is 5.62. The van der Waals surface area contributed by atoms with Crippen molar-refractivity contribution in [1.82, 2.24) is 4.72 Å². The number of rotatable bonds is 6. The van der Waals surface area contributed by atoms with Crippen molar-refractivity contribution in [3.63, 3.8) is 0 Å². The highest BCUT2D eigenvalue weighted by atomic mass is 32.2. The molecule has 0 amide bonds. The summed E-state index contributed by atoms with van der Waals surface area (Å²) in [6.45, 7) is 0.263. The number of nitrogens with one attached hydrogen (secondary N) is 1. The molecule has 112 valence electrons. The largest absolute Gasteiger partial charge is 0.323 e. The first-order valence-electron chi connectivity index (χ1n) is 7.35. The second kappa shape index (κ2) is 7.20. The Morgan fingerprint density at radius 3 is 2.45 bits per heavy atom. The van der Waals surface area contributed by atoms with Gasteiger partial charge in [0.25, 0.3) is 0 Å². The van der Waals surface area contributed by atoms with Crippen molar-refractivity contribution in [2.75, 3.05) is 12.3 Å². The first-order chi connectivity index (χ1) is 9.57. The highest BCUT2D eigenvalue weighted by Gasteiger charge is 2.21. The van der Waals surface area contributed by atoms with Gasteiger partial charge in [0.15, 0.2) is 0 Å². The van der Waals surface area contributed by atoms with Crippen LogP contribution in [0.1, 0.15) is 43.7 Å². The van der Waals surface area contributed by atoms with Crippen molar-refractivity contribution < 1.29 is 8.42 Å². The smallest absolute Gasteiger partial charge is 0.211 e. The van der Waals surface area contributed by atoms with E-state index >= 15 is 0 Å². The second-order valence-electron chi connectivity index (χ2n) is 5.65. The van der Waals surface area contributed by atoms with Crippen LogP contribution < -0.4 is 10.5 Å². The molecule has 0 spiro atoms. The van der Waals surface area contributed by atoms with E-state index in [0.29, 0.717) is 5.92 Å². The molecule has 0 aromatic heterocycles. The lowest BCUT2D eigenvalue weighted by Crippen LogP contribution is -2.35. The van der Waals surface area contributed by atoms with Gasteiger partial charge in [0.05, 0.1) is 5.75 Å². The molecule has 0 saturated heterocycles. The number of nitrogens with two attached hydrogens (primary N) is 1. The van der Waals surface area contributed by atoms with Crippen LogP contribution in [0, 0.1) is 5.92 Å². The van der Waals surface area contributed by atoms with Gasteiger partial charge in [-0.3, -0.25) is 0 Å². The first kappa shape index (κ1) is 15.5. The third kappa shape index (κ3) is 4.89. The molecule has 1 aliphatic rings. The Morgan fingerprint density at radius 2 is 1.80 bits per heavy atom. The van der Waals surface area contributed by atoms with Crippen LogP contribution in [0.15, 0.2) is 30.3 Å². The molecular formula is C15H24N2O2S. The van der Waals surface area contributed by atoms with Crippen molar-refractivity contribution in [1.29, 1.82) is 0 Å². The summed E-state index contributed by atoms with van der Waals surface area (Å²) in [4.78, 5) is 0. The van der Waals surface area contributed by atoms with Gasteiger partial charge in [-0.05, 0) is 24.3 Å². The predicted octanol–water partition coefficient (Wildman–Crippen LogP) is 2.19. The molecule has 1 aromatic rings. The maximum absolute atomic E-state index is 12.1. The summed E-state index contributed by atoms with van der Waals surface area (Å²) in [5, 5.41) is 0. The molecule has 1 saturated carbocycles. The molecule has 1 unspecified atom stereocenters. The van der Waals surface area contributed by atoms with E-state index in [1.165, 1.54) is 6.42 Å². The average molecular weight is 296 g/mol. The van der Waals surface area contributed by atoms with Crippen LogP contribution in [0.25, 0.3) is 0 Å². The quantitative estimate of drug-likeness (QED) is 0.845. The Balaban J connectivity index is 1.82. The Hall–Kier alpha value is -0.910. The van der Waals surface area contributed by atoms with Gasteiger partial charge >= 0.3 is 0 Å². The van der Waals surface area contributed by atoms with E-state index in [4.69, 9.17) is 5.73 Å². The van der Waals surface area contributed by atoms with Crippen LogP contribution in [0.5, 0.6) is 0 Å². The molecule has 1 aromatic carbocycles. The zero-order valence-electron chi connectivity index (χ0n) is 11.8. The van der Waals surface area contributed by atoms with Crippen molar-refractivity contribution in [2.24, 2.45) is 11.7 Å². The molecule has 2 rings (SSSR count). The van der Waals surface area contributed by atoms with Gasteiger partial charge in [-0.1, -0.05) is 49.6 Å². The fourth-order valence-electron chi connectivity index (χ4n) is 2.76. The summed E-state index contributed by atoms with van der Waals surface area (Å²) < 4.78 is 26.8. The van der Waals surface area contributed by atoms with E-state index in [1.807, 2.05) is 30.3 Å². The van der Waals surface area contributed by atoms with Crippen LogP contribution in [0.2, 0.25) is 0 Å². The molecule has 1 fully saturated rings. The zero-order valence-corrected chi connectivity index (χ0v) is 12.6. The summed E-state index contributed by atoms with van der Waals surface area (Å²) in [7, 11) is -3.21. The standard InChI is InChI=1S/C15H24N2O2S/c16-15(14-9-5-2-6-10-14)11-17-20(18,19)12-13-7-3-1-4-8-13/h2,5-6,9-10,13,15,17H,1,3-4,7-8,11-12,16H2. The molecule has 0 bridgehead atoms. The molecule has 4 nitrogen and oxygen atoms in total. The topological polar surface area (TPSA) is 72.2 Å². The second-order valence-corrected chi connectivity index (χ2v) is 7.50. The summed E-state index contributed by atoms with van der Waals surface area (Å²) >= 11 is 0. The lowest BCUT2D eigenvalue weighted by Gasteiger charge is -2.22. The minimum atomic E-state index is -3.21. The predicted molar refractivity (Wildman–Crippen MR) is 81.7 cm³/mol. The highest BCUT2D eigenvalue weighted by Crippen LogP contribution is 2.24. The third-order valence-electron chi connectivity index (χ3n) is 3.93. The molecular weight excluding hydrogens is 272 g/mol. The Morgan fingerprint density at radius 1 is 1.15 bits per heavy atom. The highest BCUT2D eigenvalue weighted by molar-refractivity contribution is 7.89. The maximum Gasteiger partial charge on any atom is 0.211 e. The van der Waals surface area contributed by atoms with Crippen LogP contribution in [0.3, 0.4) is 0 Å². The number of hydrogen-bond acceptors (Lipinski definition) is 3. The van der Waals surface area contributed by atoms with Crippen molar-refractivity contribution in [3.05, 3.63) is 35.9 Å². The Kier molecular flexibility index (Phi) is 5.57. The molecule has 20 heavy (non-hydrogen) atoms. The van der Waals surface area contributed by atoms with Crippen LogP contribution in [-0.2, 0) is 10.0 Å². The minimum absolute atomic E-state index is 0.245. The summed E-state index contributed by atoms with van der Waals surface area (Å²) in [6, 6.07) is 9.28. The average Bonchev–Trinajstić information content (AvgIpc) is 2.46. The molecule has 3 N–H and O–H groups in total. The van der Waals surface area contributed by atoms with Gasteiger partial charge in [0.2, 0.25) is 10.0 Å². The zero-order chi connectivity index (χ0) is 14.4. The molecule has 0 aliphatic heterocycles. The lowest BCUT2D eigenvalue weighted by molar-refractivity contribution is 0.384. The fraction of sp³-hybridized carbons (Fsp3) is 0.600. The first-order valence-corrected chi connectivity index (χ1v) is 9.00. The van der Waals surface area contributed by atoms with E-state index in [2.05, 4.69) is 4.72 Å². The van der Waals surface area contributed by atoms with E-state index < -0.39 is 10.0 Å². The van der Waals surface area contributed by atoms with Gasteiger partial charge in [-0.2, -0.15) is 0 Å². The Bertz CT molecular complexity index is 496. The number of sulfonamides is 1. The van der Waals surface area contributed by atoms with Gasteiger partial charge in [0.1, 0.15) is 0 Å². The van der Waals surface area contributed by atoms with Gasteiger partial charge in [0, 0.05) is 12.6 Å². The fourth-order valence-corrected chi connectivity index (χ4v) is 4.26. The molecule has 1 atom stereocenters. The molecule has 0 radical (unpaired) electrons. The monoisotopic (exact) mass is 296 g/mol. The summed E-state index contributed by atoms with van der Waals surface area (Å²) in [5.74, 6) is 0.559. The number of hydrogen-bond donors (Lipinski definition) is 2. The van der Waals surface area contributed by atoms with E-state index in [1.54, 1.807) is 0 Å². The van der Waals surface area contributed by atoms with E-state index in [9.17, 15) is 8.42 Å². The third-order valence-corrected chi connectivity index (χ3v) is 5.45. The van der Waals surface area contributed by atoms with Crippen molar-refractivity contribution in [2.45, 2.75) is 38.1 Å². The van der Waals surface area contributed by atoms with Gasteiger partial charge in [-0.15, -0.1) is 0 Å². The van der Waals surface area contributed by atoms with Crippen molar-refractivity contribution in [3.8, 4) is 0 Å². The van der Waals surface area contributed by atoms with E-state index in [0.717, 1.165) is 31.2 Å². The molecule has 5 heteroatoms. The summed E-state index contributed by atoms with van der Waals surface area (Å²) in [5.41, 5.74) is 6.96. The SMILES string of the molecule is NC(CNS(=O)(=O)CC1CCCCC1)c1ccccc1. The lowest BCUT2D eigenvalue weighted by atomic mass is 9.91. The normalized spacial score (nSPS) is 18.9. The Labute approximate surface area is 121 Å². The molecule has 0 heterocycles. The van der Waals surface area contributed by atoms with Gasteiger partial charge in [-0.25, -0.2) is 13.1 Å². The maximum atomic E-state index is 12.1. The van der Waals surface area contributed by atoms with Crippen LogP contribution in [0.4, 0.5) is 0 Å². The van der Waals surface area contributed by atoms with Crippen LogP contribution in [-0.4, -0.2) is 20.7 Å². The van der Waals surface area contributed by atoms with Crippen LogP contribution >= 0.6 is 0 Å². The molecule has 1 aliphatic carbocycles. The van der Waals surface area contributed by atoms with Crippen molar-refractivity contribution >= 4 is 10.0 Å². The number of benzene rings is 1. The van der Waals surface area contributed by atoms with E-state index in [-0.39, 0.29) is 18.3 Å². The minimum Gasteiger partial charge on any atom is -0.323 e.